The van der Waals surface area contributed by atoms with E-state index in [2.05, 4.69) is 10.6 Å². The third-order valence-electron chi connectivity index (χ3n) is 3.15. The fraction of sp³-hybridized carbons (Fsp3) is 0.462. The summed E-state index contributed by atoms with van der Waals surface area (Å²) in [6, 6.07) is 5.63. The average molecular weight is 234 g/mol. The Balaban J connectivity index is 2.08. The van der Waals surface area contributed by atoms with E-state index in [1.807, 2.05) is 32.0 Å². The van der Waals surface area contributed by atoms with Crippen molar-refractivity contribution in [2.75, 3.05) is 11.9 Å². The molecule has 0 saturated carbocycles. The van der Waals surface area contributed by atoms with Gasteiger partial charge in [-0.15, -0.1) is 0 Å². The van der Waals surface area contributed by atoms with Crippen LogP contribution in [0.1, 0.15) is 17.5 Å². The molecule has 1 amide bonds. The van der Waals surface area contributed by atoms with E-state index in [9.17, 15) is 9.90 Å². The number of amides is 1. The molecule has 0 radical (unpaired) electrons. The quantitative estimate of drug-likeness (QED) is 0.714. The molecule has 1 fully saturated rings. The van der Waals surface area contributed by atoms with Crippen LogP contribution in [0.5, 0.6) is 0 Å². The Kier molecular flexibility index (Phi) is 3.45. The number of aryl methyl sites for hydroxylation is 2. The van der Waals surface area contributed by atoms with Crippen LogP contribution in [0, 0.1) is 13.8 Å². The number of β-amino-alcohol motifs (C(OH)–C–C–N with tert-alkyl or cyclic N) is 1. The van der Waals surface area contributed by atoms with Crippen LogP contribution in [0.25, 0.3) is 0 Å². The number of rotatable bonds is 2. The SMILES string of the molecule is Cc1cccc(C)c1NC(=O)C1CC(O)CN1. The molecule has 92 valence electrons. The van der Waals surface area contributed by atoms with Gasteiger partial charge < -0.3 is 15.7 Å². The highest BCUT2D eigenvalue weighted by molar-refractivity contribution is 5.96. The lowest BCUT2D eigenvalue weighted by molar-refractivity contribution is -0.117. The maximum atomic E-state index is 12.0. The first-order valence-electron chi connectivity index (χ1n) is 5.86. The molecule has 1 saturated heterocycles. The summed E-state index contributed by atoms with van der Waals surface area (Å²) in [6.45, 7) is 4.43. The van der Waals surface area contributed by atoms with Crippen molar-refractivity contribution in [2.24, 2.45) is 0 Å². The zero-order valence-corrected chi connectivity index (χ0v) is 10.2. The number of aliphatic hydroxyl groups excluding tert-OH is 1. The summed E-state index contributed by atoms with van der Waals surface area (Å²) >= 11 is 0. The number of aliphatic hydroxyl groups is 1. The van der Waals surface area contributed by atoms with Crippen LogP contribution >= 0.6 is 0 Å². The summed E-state index contributed by atoms with van der Waals surface area (Å²) in [7, 11) is 0. The number of para-hydroxylation sites is 1. The summed E-state index contributed by atoms with van der Waals surface area (Å²) in [6.07, 6.45) is 0.0697. The van der Waals surface area contributed by atoms with Gasteiger partial charge in [-0.1, -0.05) is 18.2 Å². The van der Waals surface area contributed by atoms with Crippen molar-refractivity contribution in [1.29, 1.82) is 0 Å². The molecule has 1 aromatic carbocycles. The third kappa shape index (κ3) is 2.65. The van der Waals surface area contributed by atoms with Crippen molar-refractivity contribution >= 4 is 11.6 Å². The van der Waals surface area contributed by atoms with E-state index in [1.54, 1.807) is 0 Å². The molecule has 17 heavy (non-hydrogen) atoms. The molecule has 2 rings (SSSR count). The van der Waals surface area contributed by atoms with Gasteiger partial charge in [0.2, 0.25) is 5.91 Å². The molecule has 1 aliphatic heterocycles. The Labute approximate surface area is 101 Å². The molecule has 0 aliphatic carbocycles. The van der Waals surface area contributed by atoms with Gasteiger partial charge in [0.15, 0.2) is 0 Å². The summed E-state index contributed by atoms with van der Waals surface area (Å²) in [5.41, 5.74) is 2.98. The molecule has 1 heterocycles. The van der Waals surface area contributed by atoms with E-state index in [1.165, 1.54) is 0 Å². The van der Waals surface area contributed by atoms with Crippen LogP contribution < -0.4 is 10.6 Å². The second-order valence-corrected chi connectivity index (χ2v) is 4.61. The smallest absolute Gasteiger partial charge is 0.241 e. The third-order valence-corrected chi connectivity index (χ3v) is 3.15. The molecule has 3 N–H and O–H groups in total. The van der Waals surface area contributed by atoms with Crippen molar-refractivity contribution in [1.82, 2.24) is 5.32 Å². The van der Waals surface area contributed by atoms with E-state index in [-0.39, 0.29) is 11.9 Å². The van der Waals surface area contributed by atoms with E-state index in [0.717, 1.165) is 16.8 Å². The Hall–Kier alpha value is -1.39. The van der Waals surface area contributed by atoms with E-state index in [0.29, 0.717) is 13.0 Å². The Bertz CT molecular complexity index is 411. The fourth-order valence-corrected chi connectivity index (χ4v) is 2.14. The number of carbonyl (C=O) groups excluding carboxylic acids is 1. The lowest BCUT2D eigenvalue weighted by Crippen LogP contribution is -2.35. The number of hydrogen-bond donors (Lipinski definition) is 3. The number of nitrogens with one attached hydrogen (secondary N) is 2. The zero-order valence-electron chi connectivity index (χ0n) is 10.2. The highest BCUT2D eigenvalue weighted by Crippen LogP contribution is 2.20. The molecule has 4 heteroatoms. The Morgan fingerprint density at radius 1 is 1.41 bits per heavy atom. The highest BCUT2D eigenvalue weighted by Gasteiger charge is 2.28. The minimum absolute atomic E-state index is 0.0704. The summed E-state index contributed by atoms with van der Waals surface area (Å²) in [5, 5.41) is 15.3. The van der Waals surface area contributed by atoms with Gasteiger partial charge in [-0.2, -0.15) is 0 Å². The topological polar surface area (TPSA) is 61.4 Å². The summed E-state index contributed by atoms with van der Waals surface area (Å²) in [4.78, 5) is 12.0. The lowest BCUT2D eigenvalue weighted by atomic mass is 10.1. The van der Waals surface area contributed by atoms with Crippen LogP contribution in [0.4, 0.5) is 5.69 Å². The molecule has 1 aromatic rings. The van der Waals surface area contributed by atoms with Crippen molar-refractivity contribution in [3.8, 4) is 0 Å². The molecule has 4 nitrogen and oxygen atoms in total. The maximum Gasteiger partial charge on any atom is 0.241 e. The van der Waals surface area contributed by atoms with Gasteiger partial charge in [0.05, 0.1) is 12.1 Å². The van der Waals surface area contributed by atoms with Gasteiger partial charge in [0.25, 0.3) is 0 Å². The van der Waals surface area contributed by atoms with Gasteiger partial charge in [0, 0.05) is 12.2 Å². The normalized spacial score (nSPS) is 23.7. The summed E-state index contributed by atoms with van der Waals surface area (Å²) in [5.74, 6) is -0.0704. The monoisotopic (exact) mass is 234 g/mol. The first-order valence-corrected chi connectivity index (χ1v) is 5.86. The zero-order chi connectivity index (χ0) is 12.4. The second-order valence-electron chi connectivity index (χ2n) is 4.61. The average Bonchev–Trinajstić information content (AvgIpc) is 2.70. The minimum Gasteiger partial charge on any atom is -0.392 e. The van der Waals surface area contributed by atoms with E-state index >= 15 is 0 Å². The van der Waals surface area contributed by atoms with Crippen molar-refractivity contribution in [3.05, 3.63) is 29.3 Å². The molecule has 0 bridgehead atoms. The standard InChI is InChI=1S/C13H18N2O2/c1-8-4-3-5-9(2)12(8)15-13(17)11-6-10(16)7-14-11/h3-5,10-11,14,16H,6-7H2,1-2H3,(H,15,17). The predicted molar refractivity (Wildman–Crippen MR) is 67.0 cm³/mol. The van der Waals surface area contributed by atoms with Gasteiger partial charge in [-0.25, -0.2) is 0 Å². The molecule has 0 spiro atoms. The van der Waals surface area contributed by atoms with E-state index < -0.39 is 6.10 Å². The van der Waals surface area contributed by atoms with Crippen molar-refractivity contribution in [3.63, 3.8) is 0 Å². The van der Waals surface area contributed by atoms with Crippen LogP contribution in [-0.4, -0.2) is 29.7 Å². The predicted octanol–water partition coefficient (Wildman–Crippen LogP) is 0.965. The highest BCUT2D eigenvalue weighted by atomic mass is 16.3. The van der Waals surface area contributed by atoms with Gasteiger partial charge in [-0.05, 0) is 31.4 Å². The molecule has 2 atom stereocenters. The van der Waals surface area contributed by atoms with Gasteiger partial charge in [0.1, 0.15) is 0 Å². The van der Waals surface area contributed by atoms with Crippen LogP contribution in [0.15, 0.2) is 18.2 Å². The largest absolute Gasteiger partial charge is 0.392 e. The Morgan fingerprint density at radius 2 is 2.06 bits per heavy atom. The van der Waals surface area contributed by atoms with Crippen LogP contribution in [-0.2, 0) is 4.79 Å². The molecule has 2 unspecified atom stereocenters. The lowest BCUT2D eigenvalue weighted by Gasteiger charge is -2.14. The number of anilines is 1. The second kappa shape index (κ2) is 4.85. The van der Waals surface area contributed by atoms with Crippen molar-refractivity contribution in [2.45, 2.75) is 32.4 Å². The molecule has 1 aliphatic rings. The maximum absolute atomic E-state index is 12.0. The molecule has 0 aromatic heterocycles. The number of hydrogen-bond acceptors (Lipinski definition) is 3. The van der Waals surface area contributed by atoms with E-state index in [4.69, 9.17) is 0 Å². The Morgan fingerprint density at radius 3 is 2.59 bits per heavy atom. The number of benzene rings is 1. The summed E-state index contributed by atoms with van der Waals surface area (Å²) < 4.78 is 0. The van der Waals surface area contributed by atoms with Crippen LogP contribution in [0.2, 0.25) is 0 Å². The van der Waals surface area contributed by atoms with Gasteiger partial charge in [-0.3, -0.25) is 4.79 Å². The molecular formula is C13H18N2O2. The first-order chi connectivity index (χ1) is 8.08. The minimum atomic E-state index is -0.413. The van der Waals surface area contributed by atoms with Crippen LogP contribution in [0.3, 0.4) is 0 Å². The van der Waals surface area contributed by atoms with Gasteiger partial charge >= 0.3 is 0 Å². The number of carbonyl (C=O) groups is 1. The molecular weight excluding hydrogens is 216 g/mol. The first kappa shape index (κ1) is 12.1. The fourth-order valence-electron chi connectivity index (χ4n) is 2.14. The van der Waals surface area contributed by atoms with Crippen molar-refractivity contribution < 1.29 is 9.90 Å².